The molecular weight excluding hydrogens is 458 g/mol. The number of carbonyl (C=O) groups excluding carboxylic acids is 1. The van der Waals surface area contributed by atoms with Crippen molar-refractivity contribution in [3.63, 3.8) is 0 Å². The van der Waals surface area contributed by atoms with Crippen LogP contribution in [-0.2, 0) is 14.8 Å². The van der Waals surface area contributed by atoms with Gasteiger partial charge in [-0.2, -0.15) is 0 Å². The van der Waals surface area contributed by atoms with Gasteiger partial charge in [0.1, 0.15) is 5.75 Å². The van der Waals surface area contributed by atoms with Crippen molar-refractivity contribution in [2.45, 2.75) is 4.90 Å². The van der Waals surface area contributed by atoms with Crippen molar-refractivity contribution in [1.29, 1.82) is 0 Å². The third-order valence-corrected chi connectivity index (χ3v) is 6.45. The molecule has 0 aliphatic carbocycles. The molecule has 11 heteroatoms. The molecule has 1 N–H and O–H groups in total. The fraction of sp³-hybridized carbons (Fsp3) is 0.0952. The summed E-state index contributed by atoms with van der Waals surface area (Å²) in [5, 5.41) is 14.3. The highest BCUT2D eigenvalue weighted by molar-refractivity contribution is 7.93. The topological polar surface area (TPSA) is 119 Å². The van der Waals surface area contributed by atoms with Crippen LogP contribution in [0.4, 0.5) is 17.1 Å². The number of sulfonamides is 1. The van der Waals surface area contributed by atoms with E-state index in [1.54, 1.807) is 24.3 Å². The number of carbonyl (C=O) groups is 1. The maximum absolute atomic E-state index is 12.9. The van der Waals surface area contributed by atoms with Crippen LogP contribution in [0.2, 0.25) is 5.02 Å². The van der Waals surface area contributed by atoms with E-state index in [0.29, 0.717) is 16.5 Å². The van der Waals surface area contributed by atoms with E-state index in [1.165, 1.54) is 49.5 Å². The summed E-state index contributed by atoms with van der Waals surface area (Å²) < 4.78 is 32.1. The fourth-order valence-corrected chi connectivity index (χ4v) is 4.32. The van der Waals surface area contributed by atoms with Gasteiger partial charge in [-0.05, 0) is 48.5 Å². The summed E-state index contributed by atoms with van der Waals surface area (Å²) in [6.45, 7) is -0.268. The molecule has 0 radical (unpaired) electrons. The maximum atomic E-state index is 12.9. The Balaban J connectivity index is 1.67. The lowest BCUT2D eigenvalue weighted by molar-refractivity contribution is -0.387. The first kappa shape index (κ1) is 23.0. The molecule has 3 aromatic rings. The predicted molar refractivity (Wildman–Crippen MR) is 121 cm³/mol. The van der Waals surface area contributed by atoms with Crippen molar-refractivity contribution in [3.05, 3.63) is 87.9 Å². The Morgan fingerprint density at radius 2 is 1.78 bits per heavy atom. The van der Waals surface area contributed by atoms with Crippen molar-refractivity contribution in [2.75, 3.05) is 23.3 Å². The van der Waals surface area contributed by atoms with Crippen LogP contribution in [0.1, 0.15) is 0 Å². The molecule has 0 atom stereocenters. The molecule has 166 valence electrons. The zero-order valence-corrected chi connectivity index (χ0v) is 18.3. The van der Waals surface area contributed by atoms with Gasteiger partial charge in [-0.1, -0.05) is 29.8 Å². The van der Waals surface area contributed by atoms with Crippen LogP contribution < -0.4 is 14.4 Å². The number of para-hydroxylation sites is 1. The minimum absolute atomic E-state index is 0.263. The summed E-state index contributed by atoms with van der Waals surface area (Å²) in [6.07, 6.45) is 0. The van der Waals surface area contributed by atoms with Gasteiger partial charge in [0, 0.05) is 23.8 Å². The van der Waals surface area contributed by atoms with Crippen LogP contribution in [0.5, 0.6) is 5.75 Å². The quantitative estimate of drug-likeness (QED) is 0.387. The Morgan fingerprint density at radius 3 is 2.44 bits per heavy atom. The highest BCUT2D eigenvalue weighted by atomic mass is 35.5. The third-order valence-electron chi connectivity index (χ3n) is 4.38. The zero-order chi connectivity index (χ0) is 23.3. The molecule has 0 fully saturated rings. The number of nitrogens with one attached hydrogen (secondary N) is 1. The van der Waals surface area contributed by atoms with Crippen molar-refractivity contribution >= 4 is 44.6 Å². The molecule has 0 saturated heterocycles. The molecule has 9 nitrogen and oxygen atoms in total. The number of nitro benzene ring substituents is 1. The Kier molecular flexibility index (Phi) is 6.96. The second-order valence-electron chi connectivity index (χ2n) is 6.54. The van der Waals surface area contributed by atoms with Gasteiger partial charge in [0.05, 0.1) is 10.6 Å². The Morgan fingerprint density at radius 1 is 1.09 bits per heavy atom. The number of amides is 1. The van der Waals surface area contributed by atoms with E-state index in [2.05, 4.69) is 5.32 Å². The van der Waals surface area contributed by atoms with Crippen molar-refractivity contribution in [2.24, 2.45) is 0 Å². The number of hydrogen-bond acceptors (Lipinski definition) is 6. The van der Waals surface area contributed by atoms with Gasteiger partial charge in [-0.15, -0.1) is 0 Å². The van der Waals surface area contributed by atoms with E-state index in [0.717, 1.165) is 10.4 Å². The van der Waals surface area contributed by atoms with E-state index in [-0.39, 0.29) is 12.3 Å². The Hall–Kier alpha value is -3.63. The van der Waals surface area contributed by atoms with E-state index in [9.17, 15) is 23.3 Å². The van der Waals surface area contributed by atoms with E-state index in [4.69, 9.17) is 16.3 Å². The van der Waals surface area contributed by atoms with Gasteiger partial charge in [0.15, 0.2) is 11.5 Å². The summed E-state index contributed by atoms with van der Waals surface area (Å²) in [5.74, 6) is -0.0566. The number of nitrogens with zero attached hydrogens (tertiary/aromatic N) is 2. The smallest absolute Gasteiger partial charge is 0.289 e. The van der Waals surface area contributed by atoms with E-state index in [1.807, 2.05) is 0 Å². The highest BCUT2D eigenvalue weighted by Crippen LogP contribution is 2.29. The lowest BCUT2D eigenvalue weighted by Crippen LogP contribution is -2.27. The molecule has 0 saturated carbocycles. The first-order valence-corrected chi connectivity index (χ1v) is 11.0. The molecule has 3 rings (SSSR count). The minimum Gasteiger partial charge on any atom is -0.484 e. The molecule has 0 aliphatic heterocycles. The highest BCUT2D eigenvalue weighted by Gasteiger charge is 2.29. The van der Waals surface area contributed by atoms with Gasteiger partial charge in [-0.25, -0.2) is 8.42 Å². The van der Waals surface area contributed by atoms with Gasteiger partial charge in [0.25, 0.3) is 21.6 Å². The molecule has 32 heavy (non-hydrogen) atoms. The average molecular weight is 476 g/mol. The molecule has 3 aromatic carbocycles. The number of hydrogen-bond donors (Lipinski definition) is 1. The predicted octanol–water partition coefficient (Wildman–Crippen LogP) is 4.09. The average Bonchev–Trinajstić information content (AvgIpc) is 2.77. The molecular formula is C21H18ClN3O6S. The molecule has 1 amide bonds. The van der Waals surface area contributed by atoms with Crippen LogP contribution in [0.15, 0.2) is 77.7 Å². The summed E-state index contributed by atoms with van der Waals surface area (Å²) in [4.78, 5) is 22.1. The second kappa shape index (κ2) is 9.67. The number of halogens is 1. The van der Waals surface area contributed by atoms with Gasteiger partial charge >= 0.3 is 0 Å². The number of nitro groups is 1. The van der Waals surface area contributed by atoms with Crippen molar-refractivity contribution < 1.29 is 22.9 Å². The monoisotopic (exact) mass is 475 g/mol. The minimum atomic E-state index is -4.17. The zero-order valence-electron chi connectivity index (χ0n) is 16.8. The molecule has 0 aromatic heterocycles. The molecule has 0 bridgehead atoms. The van der Waals surface area contributed by atoms with Crippen LogP contribution >= 0.6 is 11.6 Å². The van der Waals surface area contributed by atoms with Crippen LogP contribution in [0.3, 0.4) is 0 Å². The van der Waals surface area contributed by atoms with Crippen molar-refractivity contribution in [3.8, 4) is 5.75 Å². The number of rotatable bonds is 8. The van der Waals surface area contributed by atoms with Crippen LogP contribution in [0.25, 0.3) is 0 Å². The van der Waals surface area contributed by atoms with E-state index >= 15 is 0 Å². The molecule has 0 heterocycles. The van der Waals surface area contributed by atoms with Gasteiger partial charge in [0.2, 0.25) is 0 Å². The maximum Gasteiger partial charge on any atom is 0.289 e. The number of benzene rings is 3. The molecule has 0 aliphatic rings. The fourth-order valence-electron chi connectivity index (χ4n) is 2.78. The summed E-state index contributed by atoms with van der Waals surface area (Å²) in [5.41, 5.74) is 0.284. The Bertz CT molecular complexity index is 1250. The number of ether oxygens (including phenoxy) is 1. The summed E-state index contributed by atoms with van der Waals surface area (Å²) in [7, 11) is -2.88. The van der Waals surface area contributed by atoms with Gasteiger partial charge < -0.3 is 10.1 Å². The van der Waals surface area contributed by atoms with Crippen LogP contribution in [-0.4, -0.2) is 32.9 Å². The van der Waals surface area contributed by atoms with E-state index < -0.39 is 31.4 Å². The summed E-state index contributed by atoms with van der Waals surface area (Å²) in [6, 6.07) is 17.7. The standard InChI is InChI=1S/C21H18ClN3O6S/c1-24(32(29,30)20-8-3-2-7-19(20)25(27)28)17-9-11-18(12-10-17)31-14-21(26)23-16-6-4-5-15(22)13-16/h2-13H,14H2,1H3,(H,23,26). The lowest BCUT2D eigenvalue weighted by Gasteiger charge is -2.19. The normalized spacial score (nSPS) is 10.9. The first-order chi connectivity index (χ1) is 15.2. The molecule has 0 spiro atoms. The summed E-state index contributed by atoms with van der Waals surface area (Å²) >= 11 is 5.87. The van der Waals surface area contributed by atoms with Gasteiger partial charge in [-0.3, -0.25) is 19.2 Å². The largest absolute Gasteiger partial charge is 0.484 e. The van der Waals surface area contributed by atoms with Crippen LogP contribution in [0, 0.1) is 10.1 Å². The number of anilines is 2. The van der Waals surface area contributed by atoms with Crippen molar-refractivity contribution in [1.82, 2.24) is 0 Å². The molecule has 0 unspecified atom stereocenters. The first-order valence-electron chi connectivity index (χ1n) is 9.19. The SMILES string of the molecule is CN(c1ccc(OCC(=O)Nc2cccc(Cl)c2)cc1)S(=O)(=O)c1ccccc1[N+](=O)[O-]. The second-order valence-corrected chi connectivity index (χ2v) is 8.91. The lowest BCUT2D eigenvalue weighted by atomic mass is 10.3. The third kappa shape index (κ3) is 5.34. The Labute approximate surface area is 189 Å².